The Morgan fingerprint density at radius 3 is 3.00 bits per heavy atom. The minimum absolute atomic E-state index is 0.765. The van der Waals surface area contributed by atoms with Gasteiger partial charge in [0, 0.05) is 21.7 Å². The van der Waals surface area contributed by atoms with Gasteiger partial charge < -0.3 is 4.98 Å². The fourth-order valence-corrected chi connectivity index (χ4v) is 2.05. The van der Waals surface area contributed by atoms with Crippen LogP contribution in [0.5, 0.6) is 0 Å². The van der Waals surface area contributed by atoms with Crippen molar-refractivity contribution >= 4 is 27.0 Å². The molecule has 0 amide bonds. The molecule has 3 rings (SSSR count). The second-order valence-electron chi connectivity index (χ2n) is 3.55. The van der Waals surface area contributed by atoms with Crippen molar-refractivity contribution < 1.29 is 0 Å². The summed E-state index contributed by atoms with van der Waals surface area (Å²) in [6, 6.07) is 4.19. The lowest BCUT2D eigenvalue weighted by Crippen LogP contribution is -1.77. The van der Waals surface area contributed by atoms with Crippen molar-refractivity contribution in [2.24, 2.45) is 0 Å². The lowest BCUT2D eigenvalue weighted by atomic mass is 10.2. The molecule has 0 unspecified atom stereocenters. The van der Waals surface area contributed by atoms with Crippen LogP contribution in [0.3, 0.4) is 0 Å². The van der Waals surface area contributed by atoms with Crippen LogP contribution in [0.25, 0.3) is 11.0 Å². The third kappa shape index (κ3) is 1.18. The summed E-state index contributed by atoms with van der Waals surface area (Å²) in [7, 11) is 0. The molecule has 1 N–H and O–H groups in total. The Hall–Kier alpha value is -0.830. The Morgan fingerprint density at radius 1 is 1.46 bits per heavy atom. The largest absolute Gasteiger partial charge is 0.343 e. The molecule has 2 aromatic rings. The third-order valence-corrected chi connectivity index (χ3v) is 3.21. The predicted molar refractivity (Wildman–Crippen MR) is 55.8 cm³/mol. The molecule has 2 heterocycles. The van der Waals surface area contributed by atoms with E-state index >= 15 is 0 Å². The Morgan fingerprint density at radius 2 is 2.31 bits per heavy atom. The van der Waals surface area contributed by atoms with Crippen LogP contribution in [-0.4, -0.2) is 9.97 Å². The zero-order chi connectivity index (χ0) is 8.84. The number of halogens is 1. The van der Waals surface area contributed by atoms with Crippen molar-refractivity contribution in [3.8, 4) is 0 Å². The van der Waals surface area contributed by atoms with Crippen molar-refractivity contribution in [2.45, 2.75) is 18.8 Å². The molecule has 0 aromatic carbocycles. The summed E-state index contributed by atoms with van der Waals surface area (Å²) >= 11 is 3.52. The molecule has 1 aliphatic carbocycles. The molecule has 1 aliphatic rings. The smallest absolute Gasteiger partial charge is 0.138 e. The van der Waals surface area contributed by atoms with Crippen molar-refractivity contribution in [1.82, 2.24) is 9.97 Å². The molecular weight excluding hydrogens is 228 g/mol. The number of nitrogens with zero attached hydrogens (tertiary/aromatic N) is 1. The van der Waals surface area contributed by atoms with Gasteiger partial charge in [0.25, 0.3) is 0 Å². The molecule has 66 valence electrons. The predicted octanol–water partition coefficient (Wildman–Crippen LogP) is 3.20. The lowest BCUT2D eigenvalue weighted by Gasteiger charge is -1.89. The van der Waals surface area contributed by atoms with E-state index in [1.165, 1.54) is 23.9 Å². The fourth-order valence-electron chi connectivity index (χ4n) is 1.63. The lowest BCUT2D eigenvalue weighted by molar-refractivity contribution is 1.05. The number of hydrogen-bond acceptors (Lipinski definition) is 1. The Bertz CT molecular complexity index is 457. The normalized spacial score (nSPS) is 16.7. The molecule has 0 spiro atoms. The molecule has 0 radical (unpaired) electrons. The summed E-state index contributed by atoms with van der Waals surface area (Å²) < 4.78 is 1.13. The van der Waals surface area contributed by atoms with Crippen LogP contribution in [-0.2, 0) is 0 Å². The summed E-state index contributed by atoms with van der Waals surface area (Å²) in [5.41, 5.74) is 2.34. The van der Waals surface area contributed by atoms with Gasteiger partial charge in [-0.3, -0.25) is 0 Å². The van der Waals surface area contributed by atoms with Crippen LogP contribution < -0.4 is 0 Å². The highest BCUT2D eigenvalue weighted by Crippen LogP contribution is 2.41. The first kappa shape index (κ1) is 7.56. The standard InChI is InChI=1S/C10H9BrN2/c11-8-3-4-12-10-7(8)5-9(13-10)6-1-2-6/h3-6H,1-2H2,(H,12,13). The van der Waals surface area contributed by atoms with Crippen molar-refractivity contribution in [3.63, 3.8) is 0 Å². The molecule has 2 aromatic heterocycles. The van der Waals surface area contributed by atoms with E-state index in [0.29, 0.717) is 0 Å². The maximum atomic E-state index is 4.29. The van der Waals surface area contributed by atoms with Gasteiger partial charge in [0.15, 0.2) is 0 Å². The molecule has 13 heavy (non-hydrogen) atoms. The highest BCUT2D eigenvalue weighted by Gasteiger charge is 2.25. The fraction of sp³-hybridized carbons (Fsp3) is 0.300. The van der Waals surface area contributed by atoms with Crippen LogP contribution in [0.4, 0.5) is 0 Å². The average molecular weight is 237 g/mol. The number of aromatic amines is 1. The number of H-pyrrole nitrogens is 1. The second-order valence-corrected chi connectivity index (χ2v) is 4.41. The summed E-state index contributed by atoms with van der Waals surface area (Å²) in [6.45, 7) is 0. The van der Waals surface area contributed by atoms with E-state index in [4.69, 9.17) is 0 Å². The maximum absolute atomic E-state index is 4.29. The molecule has 0 saturated heterocycles. The Balaban J connectivity index is 2.26. The summed E-state index contributed by atoms with van der Waals surface area (Å²) in [5, 5.41) is 1.20. The molecule has 0 bridgehead atoms. The quantitative estimate of drug-likeness (QED) is 0.810. The van der Waals surface area contributed by atoms with Gasteiger partial charge in [0.05, 0.1) is 0 Å². The van der Waals surface area contributed by atoms with Crippen molar-refractivity contribution in [1.29, 1.82) is 0 Å². The zero-order valence-electron chi connectivity index (χ0n) is 7.05. The summed E-state index contributed by atoms with van der Waals surface area (Å²) in [4.78, 5) is 7.64. The van der Waals surface area contributed by atoms with E-state index < -0.39 is 0 Å². The first-order valence-electron chi connectivity index (χ1n) is 4.48. The van der Waals surface area contributed by atoms with Crippen LogP contribution in [0.1, 0.15) is 24.5 Å². The molecule has 1 fully saturated rings. The second kappa shape index (κ2) is 2.58. The average Bonchev–Trinajstić information content (AvgIpc) is 2.87. The number of rotatable bonds is 1. The SMILES string of the molecule is Brc1ccnc2[nH]c(C3CC3)cc12. The maximum Gasteiger partial charge on any atom is 0.138 e. The third-order valence-electron chi connectivity index (χ3n) is 2.52. The molecule has 2 nitrogen and oxygen atoms in total. The van der Waals surface area contributed by atoms with Gasteiger partial charge in [-0.15, -0.1) is 0 Å². The number of aromatic nitrogens is 2. The Kier molecular flexibility index (Phi) is 1.50. The van der Waals surface area contributed by atoms with Crippen LogP contribution in [0.2, 0.25) is 0 Å². The van der Waals surface area contributed by atoms with Crippen LogP contribution in [0, 0.1) is 0 Å². The number of fused-ring (bicyclic) bond motifs is 1. The van der Waals surface area contributed by atoms with Gasteiger partial charge in [0.1, 0.15) is 5.65 Å². The molecule has 1 saturated carbocycles. The molecule has 0 atom stereocenters. The summed E-state index contributed by atoms with van der Waals surface area (Å²) in [5.74, 6) is 0.765. The van der Waals surface area contributed by atoms with E-state index in [1.54, 1.807) is 0 Å². The van der Waals surface area contributed by atoms with E-state index in [0.717, 1.165) is 16.0 Å². The molecular formula is C10H9BrN2. The van der Waals surface area contributed by atoms with E-state index in [2.05, 4.69) is 32.0 Å². The minimum Gasteiger partial charge on any atom is -0.343 e. The Labute approximate surface area is 84.5 Å². The first-order valence-corrected chi connectivity index (χ1v) is 5.27. The summed E-state index contributed by atoms with van der Waals surface area (Å²) in [6.07, 6.45) is 4.47. The van der Waals surface area contributed by atoms with E-state index in [1.807, 2.05) is 12.3 Å². The molecule has 0 aliphatic heterocycles. The van der Waals surface area contributed by atoms with Crippen molar-refractivity contribution in [3.05, 3.63) is 28.5 Å². The van der Waals surface area contributed by atoms with Gasteiger partial charge in [-0.1, -0.05) is 0 Å². The van der Waals surface area contributed by atoms with E-state index in [-0.39, 0.29) is 0 Å². The van der Waals surface area contributed by atoms with Crippen molar-refractivity contribution in [2.75, 3.05) is 0 Å². The molecule has 3 heteroatoms. The highest BCUT2D eigenvalue weighted by molar-refractivity contribution is 9.10. The van der Waals surface area contributed by atoms with Gasteiger partial charge >= 0.3 is 0 Å². The minimum atomic E-state index is 0.765. The number of nitrogens with one attached hydrogen (secondary N) is 1. The highest BCUT2D eigenvalue weighted by atomic mass is 79.9. The van der Waals surface area contributed by atoms with Gasteiger partial charge in [-0.25, -0.2) is 4.98 Å². The zero-order valence-corrected chi connectivity index (χ0v) is 8.63. The number of hydrogen-bond donors (Lipinski definition) is 1. The van der Waals surface area contributed by atoms with Gasteiger partial charge in [-0.2, -0.15) is 0 Å². The van der Waals surface area contributed by atoms with E-state index in [9.17, 15) is 0 Å². The monoisotopic (exact) mass is 236 g/mol. The number of pyridine rings is 1. The van der Waals surface area contributed by atoms with Gasteiger partial charge in [0.2, 0.25) is 0 Å². The van der Waals surface area contributed by atoms with Crippen LogP contribution in [0.15, 0.2) is 22.8 Å². The van der Waals surface area contributed by atoms with Gasteiger partial charge in [-0.05, 0) is 46.8 Å². The first-order chi connectivity index (χ1) is 6.34. The topological polar surface area (TPSA) is 28.7 Å². The van der Waals surface area contributed by atoms with Crippen LogP contribution >= 0.6 is 15.9 Å².